The molecule has 3 N–H and O–H groups in total. The molecule has 0 aliphatic heterocycles. The Morgan fingerprint density at radius 1 is 1.45 bits per heavy atom. The Morgan fingerprint density at radius 2 is 2.15 bits per heavy atom. The quantitative estimate of drug-likeness (QED) is 0.348. The average molecular weight is 279 g/mol. The maximum Gasteiger partial charge on any atom is 0.144 e. The molecule has 20 heavy (non-hydrogen) atoms. The van der Waals surface area contributed by atoms with E-state index in [1.54, 1.807) is 7.11 Å². The molecule has 0 saturated heterocycles. The first kappa shape index (κ1) is 16.3. The van der Waals surface area contributed by atoms with Crippen LogP contribution in [0, 0.1) is 5.41 Å². The number of oxime groups is 1. The van der Waals surface area contributed by atoms with Gasteiger partial charge in [0.1, 0.15) is 11.6 Å². The molecule has 0 aliphatic rings. The van der Waals surface area contributed by atoms with Crippen molar-refractivity contribution in [2.75, 3.05) is 20.7 Å². The maximum atomic E-state index is 8.76. The van der Waals surface area contributed by atoms with Gasteiger partial charge in [-0.1, -0.05) is 31.1 Å². The predicted octanol–water partition coefficient (Wildman–Crippen LogP) is 2.29. The van der Waals surface area contributed by atoms with Crippen LogP contribution in [0.2, 0.25) is 0 Å². The molecule has 1 aromatic rings. The molecule has 0 amide bonds. The Kier molecular flexibility index (Phi) is 5.82. The summed E-state index contributed by atoms with van der Waals surface area (Å²) in [6, 6.07) is 8.03. The highest BCUT2D eigenvalue weighted by molar-refractivity contribution is 5.85. The smallest absolute Gasteiger partial charge is 0.144 e. The number of nitrogens with zero attached hydrogens (tertiary/aromatic N) is 2. The van der Waals surface area contributed by atoms with Crippen molar-refractivity contribution in [3.05, 3.63) is 29.8 Å². The summed E-state index contributed by atoms with van der Waals surface area (Å²) in [6.07, 6.45) is 0.823. The summed E-state index contributed by atoms with van der Waals surface area (Å²) in [7, 11) is 3.73. The molecule has 0 atom stereocenters. The van der Waals surface area contributed by atoms with Crippen molar-refractivity contribution in [2.45, 2.75) is 26.8 Å². The van der Waals surface area contributed by atoms with Crippen LogP contribution in [0.1, 0.15) is 25.8 Å². The van der Waals surface area contributed by atoms with Crippen LogP contribution in [0.3, 0.4) is 0 Å². The lowest BCUT2D eigenvalue weighted by Crippen LogP contribution is -2.35. The molecule has 0 radical (unpaired) electrons. The summed E-state index contributed by atoms with van der Waals surface area (Å²) in [5, 5.41) is 11.9. The van der Waals surface area contributed by atoms with Gasteiger partial charge < -0.3 is 20.6 Å². The highest BCUT2D eigenvalue weighted by Gasteiger charge is 2.23. The third-order valence-electron chi connectivity index (χ3n) is 3.51. The van der Waals surface area contributed by atoms with E-state index in [0.29, 0.717) is 0 Å². The molecule has 0 heterocycles. The normalized spacial score (nSPS) is 12.8. The van der Waals surface area contributed by atoms with Crippen molar-refractivity contribution in [1.29, 1.82) is 0 Å². The number of amidine groups is 1. The Labute approximate surface area is 121 Å². The van der Waals surface area contributed by atoms with Crippen molar-refractivity contribution in [3.63, 3.8) is 0 Å². The third kappa shape index (κ3) is 4.74. The zero-order chi connectivity index (χ0) is 15.2. The fourth-order valence-corrected chi connectivity index (χ4v) is 1.90. The fraction of sp³-hybridized carbons (Fsp3) is 0.533. The molecule has 0 bridgehead atoms. The van der Waals surface area contributed by atoms with E-state index in [2.05, 4.69) is 23.2 Å². The second-order valence-corrected chi connectivity index (χ2v) is 5.71. The first-order valence-electron chi connectivity index (χ1n) is 6.68. The number of rotatable bonds is 7. The number of hydrogen-bond donors (Lipinski definition) is 2. The lowest BCUT2D eigenvalue weighted by molar-refractivity contribution is 0.272. The Morgan fingerprint density at radius 3 is 2.75 bits per heavy atom. The Balaban J connectivity index is 2.53. The Bertz CT molecular complexity index is 458. The molecule has 1 rings (SSSR count). The van der Waals surface area contributed by atoms with Crippen LogP contribution in [0.5, 0.6) is 5.75 Å². The largest absolute Gasteiger partial charge is 0.497 e. The molecular formula is C15H25N3O2. The van der Waals surface area contributed by atoms with E-state index in [4.69, 9.17) is 15.7 Å². The molecule has 5 nitrogen and oxygen atoms in total. The second kappa shape index (κ2) is 7.14. The van der Waals surface area contributed by atoms with Crippen LogP contribution in [-0.2, 0) is 6.54 Å². The standard InChI is InChI=1S/C15H25N3O2/c1-15(2,14(16)17-19)8-9-18(3)11-12-6-5-7-13(10-12)20-4/h5-7,10,19H,8-9,11H2,1-4H3,(H2,16,17). The van der Waals surface area contributed by atoms with Gasteiger partial charge >= 0.3 is 0 Å². The van der Waals surface area contributed by atoms with Gasteiger partial charge in [-0.05, 0) is 37.7 Å². The molecule has 0 aromatic heterocycles. The zero-order valence-electron chi connectivity index (χ0n) is 12.8. The van der Waals surface area contributed by atoms with Gasteiger partial charge in [0.15, 0.2) is 0 Å². The van der Waals surface area contributed by atoms with E-state index < -0.39 is 0 Å². The van der Waals surface area contributed by atoms with Crippen molar-refractivity contribution in [1.82, 2.24) is 4.90 Å². The van der Waals surface area contributed by atoms with Crippen LogP contribution < -0.4 is 10.5 Å². The van der Waals surface area contributed by atoms with E-state index in [-0.39, 0.29) is 11.3 Å². The van der Waals surface area contributed by atoms with Crippen molar-refractivity contribution < 1.29 is 9.94 Å². The first-order chi connectivity index (χ1) is 9.39. The molecule has 0 unspecified atom stereocenters. The highest BCUT2D eigenvalue weighted by Crippen LogP contribution is 2.21. The summed E-state index contributed by atoms with van der Waals surface area (Å²) < 4.78 is 5.22. The van der Waals surface area contributed by atoms with Gasteiger partial charge in [-0.25, -0.2) is 0 Å². The molecule has 1 aromatic carbocycles. The summed E-state index contributed by atoms with van der Waals surface area (Å²) in [4.78, 5) is 2.21. The molecule has 0 fully saturated rings. The number of methoxy groups -OCH3 is 1. The molecular weight excluding hydrogens is 254 g/mol. The first-order valence-corrected chi connectivity index (χ1v) is 6.68. The molecule has 5 heteroatoms. The minimum absolute atomic E-state index is 0.271. The van der Waals surface area contributed by atoms with Crippen molar-refractivity contribution in [2.24, 2.45) is 16.3 Å². The monoisotopic (exact) mass is 279 g/mol. The number of nitrogens with two attached hydrogens (primary N) is 1. The van der Waals surface area contributed by atoms with E-state index in [1.165, 1.54) is 5.56 Å². The highest BCUT2D eigenvalue weighted by atomic mass is 16.5. The van der Waals surface area contributed by atoms with Crippen LogP contribution in [0.25, 0.3) is 0 Å². The van der Waals surface area contributed by atoms with Crippen molar-refractivity contribution >= 4 is 5.84 Å². The summed E-state index contributed by atoms with van der Waals surface area (Å²) in [6.45, 7) is 5.65. The van der Waals surface area contributed by atoms with Gasteiger partial charge in [0.05, 0.1) is 7.11 Å². The van der Waals surface area contributed by atoms with Gasteiger partial charge in [-0.15, -0.1) is 0 Å². The fourth-order valence-electron chi connectivity index (χ4n) is 1.90. The van der Waals surface area contributed by atoms with Gasteiger partial charge in [0.2, 0.25) is 0 Å². The lowest BCUT2D eigenvalue weighted by Gasteiger charge is -2.26. The number of hydrogen-bond acceptors (Lipinski definition) is 4. The van der Waals surface area contributed by atoms with Crippen LogP contribution in [-0.4, -0.2) is 36.6 Å². The van der Waals surface area contributed by atoms with Crippen LogP contribution >= 0.6 is 0 Å². The minimum Gasteiger partial charge on any atom is -0.497 e. The van der Waals surface area contributed by atoms with E-state index in [0.717, 1.165) is 25.3 Å². The van der Waals surface area contributed by atoms with Crippen molar-refractivity contribution in [3.8, 4) is 5.75 Å². The van der Waals surface area contributed by atoms with Gasteiger partial charge in [-0.2, -0.15) is 0 Å². The minimum atomic E-state index is -0.308. The van der Waals surface area contributed by atoms with E-state index in [9.17, 15) is 0 Å². The van der Waals surface area contributed by atoms with E-state index in [1.807, 2.05) is 32.0 Å². The topological polar surface area (TPSA) is 71.1 Å². The molecule has 0 aliphatic carbocycles. The third-order valence-corrected chi connectivity index (χ3v) is 3.51. The van der Waals surface area contributed by atoms with Crippen LogP contribution in [0.15, 0.2) is 29.4 Å². The zero-order valence-corrected chi connectivity index (χ0v) is 12.8. The molecule has 112 valence electrons. The second-order valence-electron chi connectivity index (χ2n) is 5.71. The lowest BCUT2D eigenvalue weighted by atomic mass is 9.88. The van der Waals surface area contributed by atoms with Gasteiger partial charge in [0.25, 0.3) is 0 Å². The summed E-state index contributed by atoms with van der Waals surface area (Å²) >= 11 is 0. The van der Waals surface area contributed by atoms with Gasteiger partial charge in [-0.3, -0.25) is 0 Å². The number of ether oxygens (including phenoxy) is 1. The SMILES string of the molecule is COc1cccc(CN(C)CCC(C)(C)C(N)=NO)c1. The predicted molar refractivity (Wildman–Crippen MR) is 81.1 cm³/mol. The Hall–Kier alpha value is -1.75. The molecule has 0 saturated carbocycles. The molecule has 0 spiro atoms. The van der Waals surface area contributed by atoms with Crippen LogP contribution in [0.4, 0.5) is 0 Å². The number of benzene rings is 1. The summed E-state index contributed by atoms with van der Waals surface area (Å²) in [5.74, 6) is 1.14. The summed E-state index contributed by atoms with van der Waals surface area (Å²) in [5.41, 5.74) is 6.59. The van der Waals surface area contributed by atoms with E-state index >= 15 is 0 Å². The average Bonchev–Trinajstić information content (AvgIpc) is 2.44. The van der Waals surface area contributed by atoms with Gasteiger partial charge in [0, 0.05) is 12.0 Å². The maximum absolute atomic E-state index is 8.76.